The van der Waals surface area contributed by atoms with Gasteiger partial charge in [-0.15, -0.1) is 0 Å². The second-order valence-corrected chi connectivity index (χ2v) is 5.75. The van der Waals surface area contributed by atoms with Crippen molar-refractivity contribution >= 4 is 39.5 Å². The molecule has 1 heterocycles. The molecule has 1 fully saturated rings. The van der Waals surface area contributed by atoms with E-state index in [-0.39, 0.29) is 11.8 Å². The van der Waals surface area contributed by atoms with Crippen LogP contribution in [-0.4, -0.2) is 24.1 Å². The van der Waals surface area contributed by atoms with E-state index in [0.717, 1.165) is 6.42 Å². The molecule has 1 aliphatic heterocycles. The van der Waals surface area contributed by atoms with E-state index in [0.29, 0.717) is 21.8 Å². The van der Waals surface area contributed by atoms with E-state index in [1.165, 1.54) is 17.3 Å². The monoisotopic (exact) mass is 340 g/mol. The smallest absolute Gasteiger partial charge is 0.261 e. The van der Waals surface area contributed by atoms with Gasteiger partial charge in [0.15, 0.2) is 0 Å². The van der Waals surface area contributed by atoms with Crippen molar-refractivity contribution in [3.63, 3.8) is 0 Å². The molecule has 0 aromatic heterocycles. The average Bonchev–Trinajstić information content (AvgIpc) is 2.85. The summed E-state index contributed by atoms with van der Waals surface area (Å²) in [6.07, 6.45) is 0.779. The van der Waals surface area contributed by atoms with Gasteiger partial charge < -0.3 is 10.6 Å². The molecule has 0 saturated carbocycles. The molecule has 4 nitrogen and oxygen atoms in total. The normalized spacial score (nSPS) is 17.0. The Hall–Kier alpha value is -1.27. The van der Waals surface area contributed by atoms with E-state index in [9.17, 15) is 9.59 Å². The van der Waals surface area contributed by atoms with Crippen LogP contribution in [0.25, 0.3) is 0 Å². The van der Waals surface area contributed by atoms with Gasteiger partial charge in [-0.25, -0.2) is 0 Å². The van der Waals surface area contributed by atoms with Crippen LogP contribution in [0.4, 0.5) is 0 Å². The number of carbonyl (C=O) groups is 2. The minimum atomic E-state index is -0.208. The van der Waals surface area contributed by atoms with Crippen LogP contribution in [0.2, 0.25) is 0 Å². The molecule has 2 N–H and O–H groups in total. The zero-order valence-electron chi connectivity index (χ0n) is 10.1. The Balaban J connectivity index is 1.83. The molecule has 1 aliphatic rings. The van der Waals surface area contributed by atoms with Gasteiger partial charge in [0.1, 0.15) is 4.48 Å². The van der Waals surface area contributed by atoms with Crippen molar-refractivity contribution in [3.05, 3.63) is 45.4 Å². The van der Waals surface area contributed by atoms with Crippen molar-refractivity contribution in [2.24, 2.45) is 0 Å². The predicted octanol–water partition coefficient (Wildman–Crippen LogP) is 1.77. The highest BCUT2D eigenvalue weighted by atomic mass is 79.9. The van der Waals surface area contributed by atoms with E-state index in [1.54, 1.807) is 0 Å². The molecule has 6 heteroatoms. The highest BCUT2D eigenvalue weighted by molar-refractivity contribution is 9.12. The summed E-state index contributed by atoms with van der Waals surface area (Å²) in [5.41, 5.74) is 1.18. The summed E-state index contributed by atoms with van der Waals surface area (Å²) in [6, 6.07) is 9.95. The lowest BCUT2D eigenvalue weighted by molar-refractivity contribution is -0.117. The zero-order valence-corrected chi connectivity index (χ0v) is 12.5. The third-order valence-corrected chi connectivity index (χ3v) is 4.56. The van der Waals surface area contributed by atoms with Gasteiger partial charge in [0.2, 0.25) is 5.91 Å². The van der Waals surface area contributed by atoms with Crippen molar-refractivity contribution in [2.45, 2.75) is 6.42 Å². The molecule has 0 aliphatic carbocycles. The molecule has 1 saturated heterocycles. The maximum atomic E-state index is 11.8. The molecule has 0 bridgehead atoms. The number of hydrogen-bond donors (Lipinski definition) is 2. The first-order chi connectivity index (χ1) is 9.16. The first kappa shape index (κ1) is 14.1. The standard InChI is InChI=1S/C13H13BrN2O2S/c14-11(13-16-10(17)8-19-13)12(18)15-7-6-9-4-2-1-3-5-9/h1-5H,6-8H2,(H,15,18)(H,16,17)/b13-11-. The Labute approximate surface area is 124 Å². The van der Waals surface area contributed by atoms with E-state index >= 15 is 0 Å². The first-order valence-corrected chi connectivity index (χ1v) is 7.59. The maximum Gasteiger partial charge on any atom is 0.261 e. The molecule has 2 rings (SSSR count). The van der Waals surface area contributed by atoms with Crippen molar-refractivity contribution in [2.75, 3.05) is 12.3 Å². The molecule has 19 heavy (non-hydrogen) atoms. The Morgan fingerprint density at radius 3 is 2.74 bits per heavy atom. The highest BCUT2D eigenvalue weighted by Gasteiger charge is 2.21. The zero-order chi connectivity index (χ0) is 13.7. The van der Waals surface area contributed by atoms with Gasteiger partial charge in [0.25, 0.3) is 5.91 Å². The molecule has 100 valence electrons. The van der Waals surface area contributed by atoms with Gasteiger partial charge >= 0.3 is 0 Å². The fraction of sp³-hybridized carbons (Fsp3) is 0.231. The van der Waals surface area contributed by atoms with Crippen molar-refractivity contribution in [3.8, 4) is 0 Å². The topological polar surface area (TPSA) is 58.2 Å². The highest BCUT2D eigenvalue weighted by Crippen LogP contribution is 2.25. The maximum absolute atomic E-state index is 11.8. The summed E-state index contributed by atoms with van der Waals surface area (Å²) in [5, 5.41) is 6.04. The fourth-order valence-corrected chi connectivity index (χ4v) is 2.94. The van der Waals surface area contributed by atoms with Gasteiger partial charge in [0, 0.05) is 6.54 Å². The van der Waals surface area contributed by atoms with Crippen molar-refractivity contribution in [1.82, 2.24) is 10.6 Å². The third-order valence-electron chi connectivity index (χ3n) is 2.54. The van der Waals surface area contributed by atoms with Gasteiger partial charge in [0.05, 0.1) is 10.8 Å². The lowest BCUT2D eigenvalue weighted by Crippen LogP contribution is -2.27. The quantitative estimate of drug-likeness (QED) is 0.821. The fourth-order valence-electron chi connectivity index (χ4n) is 1.60. The molecule has 1 aromatic carbocycles. The minimum absolute atomic E-state index is 0.0750. The van der Waals surface area contributed by atoms with Crippen LogP contribution in [-0.2, 0) is 16.0 Å². The number of thioether (sulfide) groups is 1. The van der Waals surface area contributed by atoms with Crippen LogP contribution in [0.1, 0.15) is 5.56 Å². The van der Waals surface area contributed by atoms with E-state index < -0.39 is 0 Å². The summed E-state index contributed by atoms with van der Waals surface area (Å²) < 4.78 is 0.386. The number of benzene rings is 1. The molecule has 1 aromatic rings. The Morgan fingerprint density at radius 1 is 1.37 bits per heavy atom. The van der Waals surface area contributed by atoms with E-state index in [2.05, 4.69) is 26.6 Å². The summed E-state index contributed by atoms with van der Waals surface area (Å²) >= 11 is 4.54. The number of nitrogens with one attached hydrogen (secondary N) is 2. The van der Waals surface area contributed by atoms with Gasteiger partial charge in [-0.2, -0.15) is 0 Å². The molecule has 2 amide bonds. The van der Waals surface area contributed by atoms with Crippen LogP contribution >= 0.6 is 27.7 Å². The van der Waals surface area contributed by atoms with Gasteiger partial charge in [-0.05, 0) is 27.9 Å². The number of hydrogen-bond acceptors (Lipinski definition) is 3. The van der Waals surface area contributed by atoms with Crippen LogP contribution in [0.5, 0.6) is 0 Å². The Morgan fingerprint density at radius 2 is 2.11 bits per heavy atom. The second kappa shape index (κ2) is 6.77. The summed E-state index contributed by atoms with van der Waals surface area (Å²) in [6.45, 7) is 0.559. The summed E-state index contributed by atoms with van der Waals surface area (Å²) in [4.78, 5) is 22.9. The predicted molar refractivity (Wildman–Crippen MR) is 79.7 cm³/mol. The van der Waals surface area contributed by atoms with Crippen LogP contribution < -0.4 is 10.6 Å². The number of rotatable bonds is 4. The Kier molecular flexibility index (Phi) is 5.04. The average molecular weight is 341 g/mol. The van der Waals surface area contributed by atoms with Crippen LogP contribution in [0.15, 0.2) is 39.8 Å². The number of carbonyl (C=O) groups excluding carboxylic acids is 2. The molecule has 0 spiro atoms. The lowest BCUT2D eigenvalue weighted by atomic mass is 10.1. The van der Waals surface area contributed by atoms with Crippen molar-refractivity contribution in [1.29, 1.82) is 0 Å². The first-order valence-electron chi connectivity index (χ1n) is 5.81. The molecule has 0 unspecified atom stereocenters. The van der Waals surface area contributed by atoms with Crippen LogP contribution in [0, 0.1) is 0 Å². The van der Waals surface area contributed by atoms with Gasteiger partial charge in [-0.3, -0.25) is 9.59 Å². The van der Waals surface area contributed by atoms with Gasteiger partial charge in [-0.1, -0.05) is 42.1 Å². The number of amides is 2. The molecular formula is C13H13BrN2O2S. The molecular weight excluding hydrogens is 328 g/mol. The van der Waals surface area contributed by atoms with E-state index in [4.69, 9.17) is 0 Å². The molecule has 0 atom stereocenters. The van der Waals surface area contributed by atoms with Crippen LogP contribution in [0.3, 0.4) is 0 Å². The van der Waals surface area contributed by atoms with Crippen molar-refractivity contribution < 1.29 is 9.59 Å². The number of halogens is 1. The largest absolute Gasteiger partial charge is 0.351 e. The second-order valence-electron chi connectivity index (χ2n) is 3.97. The lowest BCUT2D eigenvalue weighted by Gasteiger charge is -2.06. The third kappa shape index (κ3) is 4.11. The SMILES string of the molecule is O=C1CS/C(=C(\Br)C(=O)NCCc2ccccc2)N1. The summed E-state index contributed by atoms with van der Waals surface area (Å²) in [5.74, 6) is 0.0801. The Bertz CT molecular complexity index is 517. The van der Waals surface area contributed by atoms with E-state index in [1.807, 2.05) is 30.3 Å². The molecule has 0 radical (unpaired) electrons. The minimum Gasteiger partial charge on any atom is -0.351 e. The summed E-state index contributed by atoms with van der Waals surface area (Å²) in [7, 11) is 0.